The van der Waals surface area contributed by atoms with Crippen molar-refractivity contribution in [1.82, 2.24) is 4.90 Å². The second-order valence-corrected chi connectivity index (χ2v) is 4.58. The van der Waals surface area contributed by atoms with Crippen LogP contribution in [0, 0.1) is 11.8 Å². The molecule has 0 aromatic rings. The Balaban J connectivity index is 2.21. The van der Waals surface area contributed by atoms with Crippen LogP contribution in [0.25, 0.3) is 0 Å². The van der Waals surface area contributed by atoms with E-state index in [-0.39, 0.29) is 0 Å². The molecule has 0 aromatic carbocycles. The van der Waals surface area contributed by atoms with E-state index in [1.807, 2.05) is 0 Å². The molecular formula is C11H21NO. The molecule has 0 bridgehead atoms. The monoisotopic (exact) mass is 183 g/mol. The maximum absolute atomic E-state index is 11.1. The summed E-state index contributed by atoms with van der Waals surface area (Å²) in [5.74, 6) is 1.47. The highest BCUT2D eigenvalue weighted by atomic mass is 16.1. The van der Waals surface area contributed by atoms with Crippen LogP contribution >= 0.6 is 0 Å². The van der Waals surface area contributed by atoms with E-state index in [4.69, 9.17) is 0 Å². The van der Waals surface area contributed by atoms with Crippen LogP contribution in [0.4, 0.5) is 0 Å². The Bertz CT molecular complexity index is 177. The van der Waals surface area contributed by atoms with E-state index in [2.05, 4.69) is 18.7 Å². The molecule has 0 amide bonds. The van der Waals surface area contributed by atoms with Crippen LogP contribution in [-0.4, -0.2) is 30.3 Å². The lowest BCUT2D eigenvalue weighted by atomic mass is 10.1. The summed E-state index contributed by atoms with van der Waals surface area (Å²) < 4.78 is 0. The molecule has 1 heterocycles. The zero-order valence-electron chi connectivity index (χ0n) is 9.05. The molecule has 0 spiro atoms. The van der Waals surface area contributed by atoms with Gasteiger partial charge in [-0.05, 0) is 38.8 Å². The Kier molecular flexibility index (Phi) is 3.91. The van der Waals surface area contributed by atoms with E-state index >= 15 is 0 Å². The molecule has 1 aliphatic heterocycles. The molecule has 1 rings (SSSR count). The highest BCUT2D eigenvalue weighted by Gasteiger charge is 2.25. The fraction of sp³-hybridized carbons (Fsp3) is 0.909. The number of nitrogens with zero attached hydrogens (tertiary/aromatic N) is 1. The first-order valence-corrected chi connectivity index (χ1v) is 5.32. The first-order chi connectivity index (χ1) is 6.09. The van der Waals surface area contributed by atoms with Gasteiger partial charge in [-0.3, -0.25) is 4.79 Å². The second kappa shape index (κ2) is 4.75. The molecule has 0 N–H and O–H groups in total. The Hall–Kier alpha value is -0.370. The summed E-state index contributed by atoms with van der Waals surface area (Å²) in [6.45, 7) is 9.51. The molecular weight excluding hydrogens is 162 g/mol. The molecule has 1 aliphatic rings. The van der Waals surface area contributed by atoms with Crippen LogP contribution in [0.3, 0.4) is 0 Å². The Morgan fingerprint density at radius 1 is 1.54 bits per heavy atom. The third-order valence-electron chi connectivity index (χ3n) is 2.87. The number of rotatable bonds is 4. The van der Waals surface area contributed by atoms with Gasteiger partial charge in [0.05, 0.1) is 0 Å². The summed E-state index contributed by atoms with van der Waals surface area (Å²) in [6.07, 6.45) is 2.33. The summed E-state index contributed by atoms with van der Waals surface area (Å²) in [7, 11) is 0. The van der Waals surface area contributed by atoms with Gasteiger partial charge in [0, 0.05) is 12.5 Å². The van der Waals surface area contributed by atoms with Crippen LogP contribution in [0.5, 0.6) is 0 Å². The minimum atomic E-state index is 0.326. The quantitative estimate of drug-likeness (QED) is 0.664. The third kappa shape index (κ3) is 3.47. The number of likely N-dealkylation sites (tertiary alicyclic amines) is 1. The van der Waals surface area contributed by atoms with Crippen molar-refractivity contribution in [2.75, 3.05) is 19.6 Å². The van der Waals surface area contributed by atoms with E-state index < -0.39 is 0 Å². The molecule has 0 saturated carbocycles. The standard InChI is InChI=1S/C11H21NO/c1-9(2)4-6-12-7-5-11(8-12)10(3)13/h9,11H,4-8H2,1-3H3/t11-/m0/s1. The molecule has 2 heteroatoms. The first kappa shape index (κ1) is 10.7. The van der Waals surface area contributed by atoms with Crippen molar-refractivity contribution in [2.24, 2.45) is 11.8 Å². The van der Waals surface area contributed by atoms with Crippen LogP contribution in [0.1, 0.15) is 33.6 Å². The van der Waals surface area contributed by atoms with Crippen molar-refractivity contribution in [3.8, 4) is 0 Å². The molecule has 1 atom stereocenters. The van der Waals surface area contributed by atoms with Gasteiger partial charge >= 0.3 is 0 Å². The van der Waals surface area contributed by atoms with Gasteiger partial charge in [-0.15, -0.1) is 0 Å². The lowest BCUT2D eigenvalue weighted by molar-refractivity contribution is -0.120. The second-order valence-electron chi connectivity index (χ2n) is 4.58. The van der Waals surface area contributed by atoms with Gasteiger partial charge in [0.25, 0.3) is 0 Å². The molecule has 13 heavy (non-hydrogen) atoms. The molecule has 1 saturated heterocycles. The predicted octanol–water partition coefficient (Wildman–Crippen LogP) is 1.94. The number of Topliss-reactive ketones (excluding diaryl/α,β-unsaturated/α-hetero) is 1. The maximum atomic E-state index is 11.1. The van der Waals surface area contributed by atoms with Crippen LogP contribution in [0.2, 0.25) is 0 Å². The highest BCUT2D eigenvalue weighted by molar-refractivity contribution is 5.78. The zero-order valence-corrected chi connectivity index (χ0v) is 9.05. The molecule has 0 aliphatic carbocycles. The smallest absolute Gasteiger partial charge is 0.134 e. The van der Waals surface area contributed by atoms with Crippen molar-refractivity contribution in [3.05, 3.63) is 0 Å². The van der Waals surface area contributed by atoms with Crippen molar-refractivity contribution in [3.63, 3.8) is 0 Å². The normalized spacial score (nSPS) is 24.2. The van der Waals surface area contributed by atoms with Crippen LogP contribution in [0.15, 0.2) is 0 Å². The zero-order chi connectivity index (χ0) is 9.84. The van der Waals surface area contributed by atoms with Gasteiger partial charge in [-0.2, -0.15) is 0 Å². The fourth-order valence-corrected chi connectivity index (χ4v) is 1.81. The van der Waals surface area contributed by atoms with Gasteiger partial charge < -0.3 is 4.90 Å². The van der Waals surface area contributed by atoms with E-state index in [1.54, 1.807) is 6.92 Å². The first-order valence-electron chi connectivity index (χ1n) is 5.32. The lowest BCUT2D eigenvalue weighted by Gasteiger charge is -2.16. The summed E-state index contributed by atoms with van der Waals surface area (Å²) in [5.41, 5.74) is 0. The minimum Gasteiger partial charge on any atom is -0.303 e. The number of hydrogen-bond donors (Lipinski definition) is 0. The average molecular weight is 183 g/mol. The Labute approximate surface area is 81.3 Å². The van der Waals surface area contributed by atoms with E-state index in [9.17, 15) is 4.79 Å². The summed E-state index contributed by atoms with van der Waals surface area (Å²) >= 11 is 0. The number of carbonyl (C=O) groups excluding carboxylic acids is 1. The molecule has 2 nitrogen and oxygen atoms in total. The number of carbonyl (C=O) groups is 1. The van der Waals surface area contributed by atoms with E-state index in [0.29, 0.717) is 11.7 Å². The lowest BCUT2D eigenvalue weighted by Crippen LogP contribution is -2.24. The van der Waals surface area contributed by atoms with Crippen LogP contribution < -0.4 is 0 Å². The topological polar surface area (TPSA) is 20.3 Å². The van der Waals surface area contributed by atoms with Gasteiger partial charge in [0.2, 0.25) is 0 Å². The third-order valence-corrected chi connectivity index (χ3v) is 2.87. The number of ketones is 1. The van der Waals surface area contributed by atoms with E-state index in [0.717, 1.165) is 25.4 Å². The van der Waals surface area contributed by atoms with Crippen molar-refractivity contribution < 1.29 is 4.79 Å². The highest BCUT2D eigenvalue weighted by Crippen LogP contribution is 2.17. The van der Waals surface area contributed by atoms with Gasteiger partial charge in [0.1, 0.15) is 5.78 Å². The molecule has 0 radical (unpaired) electrons. The maximum Gasteiger partial charge on any atom is 0.134 e. The minimum absolute atomic E-state index is 0.326. The fourth-order valence-electron chi connectivity index (χ4n) is 1.81. The van der Waals surface area contributed by atoms with E-state index in [1.165, 1.54) is 13.0 Å². The average Bonchev–Trinajstić information content (AvgIpc) is 2.48. The van der Waals surface area contributed by atoms with Gasteiger partial charge in [0.15, 0.2) is 0 Å². The summed E-state index contributed by atoms with van der Waals surface area (Å²) in [4.78, 5) is 13.5. The largest absolute Gasteiger partial charge is 0.303 e. The van der Waals surface area contributed by atoms with Gasteiger partial charge in [-0.25, -0.2) is 0 Å². The molecule has 0 aromatic heterocycles. The predicted molar refractivity (Wildman–Crippen MR) is 54.7 cm³/mol. The summed E-state index contributed by atoms with van der Waals surface area (Å²) in [6, 6.07) is 0. The molecule has 0 unspecified atom stereocenters. The van der Waals surface area contributed by atoms with Crippen molar-refractivity contribution in [1.29, 1.82) is 0 Å². The Morgan fingerprint density at radius 3 is 2.69 bits per heavy atom. The molecule has 76 valence electrons. The number of hydrogen-bond acceptors (Lipinski definition) is 2. The van der Waals surface area contributed by atoms with Crippen molar-refractivity contribution in [2.45, 2.75) is 33.6 Å². The summed E-state index contributed by atoms with van der Waals surface area (Å²) in [5, 5.41) is 0. The Morgan fingerprint density at radius 2 is 2.23 bits per heavy atom. The van der Waals surface area contributed by atoms with Crippen molar-refractivity contribution >= 4 is 5.78 Å². The SMILES string of the molecule is CC(=O)[C@H]1CCN(CCC(C)C)C1. The van der Waals surface area contributed by atoms with Crippen LogP contribution in [-0.2, 0) is 4.79 Å². The van der Waals surface area contributed by atoms with Gasteiger partial charge in [-0.1, -0.05) is 13.8 Å². The molecule has 1 fully saturated rings.